The van der Waals surface area contributed by atoms with Gasteiger partial charge in [-0.05, 0) is 60.7 Å². The molecule has 2 rings (SSSR count). The summed E-state index contributed by atoms with van der Waals surface area (Å²) in [4.78, 5) is 24.9. The molecule has 2 amide bonds. The van der Waals surface area contributed by atoms with Gasteiger partial charge in [-0.2, -0.15) is 5.10 Å². The molecule has 7 nitrogen and oxygen atoms in total. The van der Waals surface area contributed by atoms with Gasteiger partial charge in [-0.1, -0.05) is 38.0 Å². The molecule has 0 aliphatic carbocycles. The molecule has 0 heterocycles. The van der Waals surface area contributed by atoms with Crippen LogP contribution in [-0.4, -0.2) is 37.3 Å². The van der Waals surface area contributed by atoms with Crippen molar-refractivity contribution in [2.45, 2.75) is 33.2 Å². The molecule has 7 heteroatoms. The second-order valence-corrected chi connectivity index (χ2v) is 7.60. The maximum Gasteiger partial charge on any atom is 0.262 e. The van der Waals surface area contributed by atoms with Gasteiger partial charge in [-0.15, -0.1) is 6.42 Å². The minimum Gasteiger partial charge on any atom is -0.484 e. The Balaban J connectivity index is 1.89. The van der Waals surface area contributed by atoms with Gasteiger partial charge in [0.2, 0.25) is 0 Å². The van der Waals surface area contributed by atoms with Crippen molar-refractivity contribution in [2.75, 3.05) is 13.2 Å². The van der Waals surface area contributed by atoms with Gasteiger partial charge in [-0.25, -0.2) is 5.43 Å². The third-order valence-corrected chi connectivity index (χ3v) is 4.40. The van der Waals surface area contributed by atoms with Crippen LogP contribution < -0.4 is 20.2 Å². The van der Waals surface area contributed by atoms with Crippen LogP contribution in [0.15, 0.2) is 53.6 Å². The van der Waals surface area contributed by atoms with Crippen LogP contribution in [-0.2, 0) is 9.59 Å². The summed E-state index contributed by atoms with van der Waals surface area (Å²) in [5.41, 5.74) is 4.20. The van der Waals surface area contributed by atoms with Crippen LogP contribution in [0.25, 0.3) is 0 Å². The minimum absolute atomic E-state index is 0.176. The average Bonchev–Trinajstić information content (AvgIpc) is 2.77. The van der Waals surface area contributed by atoms with E-state index >= 15 is 0 Å². The van der Waals surface area contributed by atoms with Crippen molar-refractivity contribution >= 4 is 18.0 Å². The average molecular weight is 436 g/mol. The highest BCUT2D eigenvalue weighted by Crippen LogP contribution is 2.16. The minimum atomic E-state index is -0.723. The quantitative estimate of drug-likeness (QED) is 0.323. The van der Waals surface area contributed by atoms with Crippen LogP contribution in [0.3, 0.4) is 0 Å². The highest BCUT2D eigenvalue weighted by Gasteiger charge is 2.22. The highest BCUT2D eigenvalue weighted by molar-refractivity contribution is 5.89. The molecule has 0 bridgehead atoms. The number of amides is 2. The molecule has 1 atom stereocenters. The Morgan fingerprint density at radius 1 is 1.12 bits per heavy atom. The van der Waals surface area contributed by atoms with Gasteiger partial charge < -0.3 is 14.8 Å². The first-order valence-electron chi connectivity index (χ1n) is 10.4. The van der Waals surface area contributed by atoms with Crippen molar-refractivity contribution < 1.29 is 19.1 Å². The lowest BCUT2D eigenvalue weighted by Gasteiger charge is -2.19. The van der Waals surface area contributed by atoms with Gasteiger partial charge in [0.1, 0.15) is 24.1 Å². The standard InChI is InChI=1S/C25H29N3O4/c1-5-14-31-21-12-10-20(11-13-21)16-26-28-25(30)22(15-18(2)3)27-24(29)17-32-23-9-7-6-8-19(23)4/h1,6-13,16,18,22H,14-15,17H2,2-4H3,(H,27,29)(H,28,30)/b26-16-/t22-/m0/s1. The second-order valence-electron chi connectivity index (χ2n) is 7.60. The number of carbonyl (C=O) groups is 2. The molecule has 0 radical (unpaired) electrons. The molecular weight excluding hydrogens is 406 g/mol. The molecule has 2 aromatic rings. The van der Waals surface area contributed by atoms with E-state index in [2.05, 4.69) is 21.8 Å². The molecule has 0 saturated heterocycles. The number of carbonyl (C=O) groups excluding carboxylic acids is 2. The summed E-state index contributed by atoms with van der Waals surface area (Å²) in [7, 11) is 0. The summed E-state index contributed by atoms with van der Waals surface area (Å²) in [5.74, 6) is 3.11. The van der Waals surface area contributed by atoms with Crippen molar-refractivity contribution in [3.05, 3.63) is 59.7 Å². The second kappa shape index (κ2) is 12.8. The molecule has 0 spiro atoms. The normalized spacial score (nSPS) is 11.6. The molecule has 0 aliphatic heterocycles. The monoisotopic (exact) mass is 435 g/mol. The molecule has 0 unspecified atom stereocenters. The predicted molar refractivity (Wildman–Crippen MR) is 125 cm³/mol. The first-order valence-corrected chi connectivity index (χ1v) is 10.4. The number of hydrogen-bond donors (Lipinski definition) is 2. The Morgan fingerprint density at radius 3 is 2.50 bits per heavy atom. The van der Waals surface area contributed by atoms with Crippen molar-refractivity contribution in [3.63, 3.8) is 0 Å². The molecule has 0 saturated carbocycles. The number of hydrogen-bond acceptors (Lipinski definition) is 5. The van der Waals surface area contributed by atoms with E-state index in [4.69, 9.17) is 15.9 Å². The molecule has 0 aromatic heterocycles. The largest absolute Gasteiger partial charge is 0.484 e. The van der Waals surface area contributed by atoms with E-state index in [0.717, 1.165) is 11.1 Å². The SMILES string of the molecule is C#CCOc1ccc(/C=N\NC(=O)[C@H](CC(C)C)NC(=O)COc2ccccc2C)cc1. The summed E-state index contributed by atoms with van der Waals surface area (Å²) in [6.07, 6.45) is 7.15. The summed E-state index contributed by atoms with van der Waals surface area (Å²) >= 11 is 0. The Morgan fingerprint density at radius 2 is 1.84 bits per heavy atom. The zero-order valence-corrected chi connectivity index (χ0v) is 18.6. The molecular formula is C25H29N3O4. The predicted octanol–water partition coefficient (Wildman–Crippen LogP) is 3.07. The van der Waals surface area contributed by atoms with Crippen molar-refractivity contribution in [3.8, 4) is 23.8 Å². The Labute approximate surface area is 189 Å². The van der Waals surface area contributed by atoms with E-state index in [1.54, 1.807) is 30.3 Å². The molecule has 0 aliphatic rings. The van der Waals surface area contributed by atoms with Gasteiger partial charge in [0.15, 0.2) is 6.61 Å². The maximum atomic E-state index is 12.6. The third kappa shape index (κ3) is 8.52. The highest BCUT2D eigenvalue weighted by atomic mass is 16.5. The van der Waals surface area contributed by atoms with E-state index in [9.17, 15) is 9.59 Å². The van der Waals surface area contributed by atoms with Crippen molar-refractivity contribution in [1.82, 2.24) is 10.7 Å². The van der Waals surface area contributed by atoms with Crippen LogP contribution >= 0.6 is 0 Å². The number of nitrogens with zero attached hydrogens (tertiary/aromatic N) is 1. The Bertz CT molecular complexity index is 962. The number of hydrazone groups is 1. The van der Waals surface area contributed by atoms with Gasteiger partial charge in [0.25, 0.3) is 11.8 Å². The number of rotatable bonds is 11. The van der Waals surface area contributed by atoms with Crippen LogP contribution in [0.5, 0.6) is 11.5 Å². The summed E-state index contributed by atoms with van der Waals surface area (Å²) in [6, 6.07) is 13.8. The lowest BCUT2D eigenvalue weighted by molar-refractivity contribution is -0.130. The fourth-order valence-electron chi connectivity index (χ4n) is 2.82. The first kappa shape index (κ1) is 24.5. The first-order chi connectivity index (χ1) is 15.4. The molecule has 168 valence electrons. The van der Waals surface area contributed by atoms with Gasteiger partial charge in [0.05, 0.1) is 6.21 Å². The van der Waals surface area contributed by atoms with Crippen LogP contribution in [0, 0.1) is 25.2 Å². The topological polar surface area (TPSA) is 89.0 Å². The van der Waals surface area contributed by atoms with Crippen LogP contribution in [0.4, 0.5) is 0 Å². The van der Waals surface area contributed by atoms with E-state index in [0.29, 0.717) is 17.9 Å². The fraction of sp³-hybridized carbons (Fsp3) is 0.320. The summed E-state index contributed by atoms with van der Waals surface area (Å²) in [6.45, 7) is 5.87. The zero-order chi connectivity index (χ0) is 23.3. The number of para-hydroxylation sites is 1. The molecule has 2 aromatic carbocycles. The smallest absolute Gasteiger partial charge is 0.262 e. The van der Waals surface area contributed by atoms with E-state index in [1.165, 1.54) is 6.21 Å². The van der Waals surface area contributed by atoms with Crippen LogP contribution in [0.2, 0.25) is 0 Å². The van der Waals surface area contributed by atoms with Gasteiger partial charge in [-0.3, -0.25) is 9.59 Å². The van der Waals surface area contributed by atoms with Crippen molar-refractivity contribution in [1.29, 1.82) is 0 Å². The Hall–Kier alpha value is -3.79. The summed E-state index contributed by atoms with van der Waals surface area (Å²) in [5, 5.41) is 6.72. The number of ether oxygens (including phenoxy) is 2. The third-order valence-electron chi connectivity index (χ3n) is 4.40. The lowest BCUT2D eigenvalue weighted by Crippen LogP contribution is -2.47. The zero-order valence-electron chi connectivity index (χ0n) is 18.6. The van der Waals surface area contributed by atoms with Gasteiger partial charge >= 0.3 is 0 Å². The number of benzene rings is 2. The van der Waals surface area contributed by atoms with E-state index in [-0.39, 0.29) is 25.0 Å². The molecule has 32 heavy (non-hydrogen) atoms. The number of nitrogens with one attached hydrogen (secondary N) is 2. The lowest BCUT2D eigenvalue weighted by atomic mass is 10.0. The number of terminal acetylenes is 1. The van der Waals surface area contributed by atoms with Crippen molar-refractivity contribution in [2.24, 2.45) is 11.0 Å². The fourth-order valence-corrected chi connectivity index (χ4v) is 2.82. The maximum absolute atomic E-state index is 12.6. The number of aryl methyl sites for hydroxylation is 1. The Kier molecular flexibility index (Phi) is 9.79. The molecule has 2 N–H and O–H groups in total. The van der Waals surface area contributed by atoms with E-state index in [1.807, 2.05) is 39.0 Å². The van der Waals surface area contributed by atoms with Gasteiger partial charge in [0, 0.05) is 0 Å². The van der Waals surface area contributed by atoms with Crippen LogP contribution in [0.1, 0.15) is 31.4 Å². The summed E-state index contributed by atoms with van der Waals surface area (Å²) < 4.78 is 10.9. The molecule has 0 fully saturated rings. The van der Waals surface area contributed by atoms with E-state index < -0.39 is 11.9 Å².